The first kappa shape index (κ1) is 24.3. The molecule has 0 radical (unpaired) electrons. The van der Waals surface area contributed by atoms with Crippen LogP contribution in [0, 0.1) is 0 Å². The van der Waals surface area contributed by atoms with Gasteiger partial charge in [0.15, 0.2) is 5.96 Å². The number of hydrogen-bond donors (Lipinski definition) is 3. The van der Waals surface area contributed by atoms with E-state index in [1.165, 1.54) is 0 Å². The molecule has 1 heterocycles. The van der Waals surface area contributed by atoms with Crippen molar-refractivity contribution in [2.45, 2.75) is 31.8 Å². The van der Waals surface area contributed by atoms with Gasteiger partial charge in [0.1, 0.15) is 11.9 Å². The number of nitrogens with zero attached hydrogens (tertiary/aromatic N) is 1. The van der Waals surface area contributed by atoms with Crippen molar-refractivity contribution in [2.75, 3.05) is 25.5 Å². The number of benzene rings is 2. The highest BCUT2D eigenvalue weighted by molar-refractivity contribution is 14.0. The molecule has 2 atom stereocenters. The Bertz CT molecular complexity index is 878. The standard InChI is InChI=1S/C22H27ClN4O2.HI/c1-3-16(29-20-11-7-5-9-18(20)23)14-26-22(24-2)25-13-15-12-21(28)27-19-10-6-4-8-17(15)19;/h4-11,15-16H,3,12-14H2,1-2H3,(H,27,28)(H2,24,25,26);1H. The van der Waals surface area contributed by atoms with Crippen LogP contribution >= 0.6 is 35.6 Å². The van der Waals surface area contributed by atoms with Crippen molar-refractivity contribution in [1.29, 1.82) is 0 Å². The first-order valence-corrected chi connectivity index (χ1v) is 10.2. The van der Waals surface area contributed by atoms with Crippen molar-refractivity contribution in [3.8, 4) is 5.75 Å². The maximum absolute atomic E-state index is 12.0. The van der Waals surface area contributed by atoms with Crippen LogP contribution in [0.25, 0.3) is 0 Å². The van der Waals surface area contributed by atoms with Crippen molar-refractivity contribution in [1.82, 2.24) is 10.6 Å². The predicted molar refractivity (Wildman–Crippen MR) is 133 cm³/mol. The molecular formula is C22H28ClIN4O2. The summed E-state index contributed by atoms with van der Waals surface area (Å²) in [7, 11) is 1.73. The Hall–Kier alpha value is -2.00. The lowest BCUT2D eigenvalue weighted by molar-refractivity contribution is -0.116. The van der Waals surface area contributed by atoms with Crippen molar-refractivity contribution >= 4 is 53.1 Å². The van der Waals surface area contributed by atoms with Gasteiger partial charge in [0.05, 0.1) is 11.6 Å². The number of nitrogens with one attached hydrogen (secondary N) is 3. The lowest BCUT2D eigenvalue weighted by Crippen LogP contribution is -2.44. The summed E-state index contributed by atoms with van der Waals surface area (Å²) < 4.78 is 6.01. The summed E-state index contributed by atoms with van der Waals surface area (Å²) in [6.45, 7) is 3.27. The molecule has 3 rings (SSSR count). The van der Waals surface area contributed by atoms with Crippen LogP contribution in [0.15, 0.2) is 53.5 Å². The molecular weight excluding hydrogens is 515 g/mol. The fourth-order valence-corrected chi connectivity index (χ4v) is 3.50. The Balaban J connectivity index is 0.00000320. The molecule has 8 heteroatoms. The molecule has 2 aromatic rings. The van der Waals surface area contributed by atoms with Crippen LogP contribution in [-0.4, -0.2) is 38.1 Å². The van der Waals surface area contributed by atoms with Gasteiger partial charge < -0.3 is 20.7 Å². The maximum Gasteiger partial charge on any atom is 0.225 e. The first-order valence-electron chi connectivity index (χ1n) is 9.85. The number of hydrogen-bond acceptors (Lipinski definition) is 3. The molecule has 0 aliphatic carbocycles. The minimum absolute atomic E-state index is 0. The van der Waals surface area contributed by atoms with E-state index in [0.29, 0.717) is 36.2 Å². The largest absolute Gasteiger partial charge is 0.487 e. The highest BCUT2D eigenvalue weighted by Crippen LogP contribution is 2.31. The molecule has 0 fully saturated rings. The van der Waals surface area contributed by atoms with Crippen molar-refractivity contribution in [3.63, 3.8) is 0 Å². The lowest BCUT2D eigenvalue weighted by Gasteiger charge is -2.26. The molecule has 0 bridgehead atoms. The van der Waals surface area contributed by atoms with Crippen LogP contribution in [-0.2, 0) is 4.79 Å². The van der Waals surface area contributed by atoms with E-state index in [9.17, 15) is 4.79 Å². The third kappa shape index (κ3) is 6.50. The Labute approximate surface area is 199 Å². The zero-order valence-electron chi connectivity index (χ0n) is 17.2. The molecule has 162 valence electrons. The lowest BCUT2D eigenvalue weighted by atomic mass is 9.90. The van der Waals surface area contributed by atoms with Gasteiger partial charge in [-0.05, 0) is 30.2 Å². The van der Waals surface area contributed by atoms with Crippen LogP contribution in [0.2, 0.25) is 5.02 Å². The number of fused-ring (bicyclic) bond motifs is 1. The fraction of sp³-hybridized carbons (Fsp3) is 0.364. The summed E-state index contributed by atoms with van der Waals surface area (Å²) in [5.41, 5.74) is 2.03. The number of para-hydroxylation sites is 2. The summed E-state index contributed by atoms with van der Waals surface area (Å²) in [4.78, 5) is 16.3. The molecule has 2 unspecified atom stereocenters. The van der Waals surface area contributed by atoms with Gasteiger partial charge in [-0.1, -0.05) is 48.9 Å². The van der Waals surface area contributed by atoms with Crippen LogP contribution in [0.3, 0.4) is 0 Å². The number of amides is 1. The van der Waals surface area contributed by atoms with Crippen LogP contribution in [0.1, 0.15) is 31.2 Å². The van der Waals surface area contributed by atoms with Gasteiger partial charge in [-0.2, -0.15) is 0 Å². The van der Waals surface area contributed by atoms with Gasteiger partial charge >= 0.3 is 0 Å². The number of carbonyl (C=O) groups excluding carboxylic acids is 1. The zero-order chi connectivity index (χ0) is 20.6. The number of aliphatic imine (C=N–C) groups is 1. The Kier molecular flexibility index (Phi) is 9.71. The normalized spacial score (nSPS) is 16.6. The average molecular weight is 543 g/mol. The number of halogens is 2. The van der Waals surface area contributed by atoms with Gasteiger partial charge in [-0.15, -0.1) is 24.0 Å². The zero-order valence-corrected chi connectivity index (χ0v) is 20.2. The monoisotopic (exact) mass is 542 g/mol. The minimum atomic E-state index is -0.0466. The number of rotatable bonds is 7. The van der Waals surface area contributed by atoms with Crippen molar-refractivity contribution in [2.24, 2.45) is 4.99 Å². The highest BCUT2D eigenvalue weighted by Gasteiger charge is 2.24. The topological polar surface area (TPSA) is 74.8 Å². The molecule has 1 amide bonds. The van der Waals surface area contributed by atoms with Gasteiger partial charge in [0.2, 0.25) is 5.91 Å². The van der Waals surface area contributed by atoms with E-state index in [1.54, 1.807) is 7.05 Å². The third-order valence-electron chi connectivity index (χ3n) is 4.93. The summed E-state index contributed by atoms with van der Waals surface area (Å²) in [6, 6.07) is 15.4. The molecule has 0 saturated carbocycles. The average Bonchev–Trinajstić information content (AvgIpc) is 2.74. The van der Waals surface area contributed by atoms with E-state index in [4.69, 9.17) is 16.3 Å². The molecule has 1 aliphatic heterocycles. The van der Waals surface area contributed by atoms with E-state index >= 15 is 0 Å². The molecule has 0 spiro atoms. The number of carbonyl (C=O) groups is 1. The minimum Gasteiger partial charge on any atom is -0.487 e. The van der Waals surface area contributed by atoms with E-state index in [-0.39, 0.29) is 41.9 Å². The Morgan fingerprint density at radius 1 is 1.23 bits per heavy atom. The molecule has 0 saturated heterocycles. The van der Waals surface area contributed by atoms with Gasteiger partial charge in [-0.3, -0.25) is 9.79 Å². The van der Waals surface area contributed by atoms with Gasteiger partial charge in [0, 0.05) is 31.6 Å². The maximum atomic E-state index is 12.0. The molecule has 1 aliphatic rings. The summed E-state index contributed by atoms with van der Waals surface area (Å²) >= 11 is 6.19. The van der Waals surface area contributed by atoms with E-state index < -0.39 is 0 Å². The highest BCUT2D eigenvalue weighted by atomic mass is 127. The number of anilines is 1. The van der Waals surface area contributed by atoms with Crippen molar-refractivity contribution < 1.29 is 9.53 Å². The SMILES string of the molecule is CCC(CNC(=NC)NCC1CC(=O)Nc2ccccc21)Oc1ccccc1Cl.I. The van der Waals surface area contributed by atoms with E-state index in [0.717, 1.165) is 17.7 Å². The molecule has 0 aromatic heterocycles. The van der Waals surface area contributed by atoms with Gasteiger partial charge in [0.25, 0.3) is 0 Å². The van der Waals surface area contributed by atoms with Crippen LogP contribution < -0.4 is 20.7 Å². The Morgan fingerprint density at radius 2 is 1.97 bits per heavy atom. The quantitative estimate of drug-likeness (QED) is 0.275. The second kappa shape index (κ2) is 12.0. The Morgan fingerprint density at radius 3 is 2.70 bits per heavy atom. The van der Waals surface area contributed by atoms with Crippen LogP contribution in [0.4, 0.5) is 5.69 Å². The second-order valence-corrected chi connectivity index (χ2v) is 7.36. The number of ether oxygens (including phenoxy) is 1. The van der Waals surface area contributed by atoms with Gasteiger partial charge in [-0.25, -0.2) is 0 Å². The molecule has 6 nitrogen and oxygen atoms in total. The second-order valence-electron chi connectivity index (χ2n) is 6.95. The molecule has 30 heavy (non-hydrogen) atoms. The predicted octanol–water partition coefficient (Wildman–Crippen LogP) is 4.41. The van der Waals surface area contributed by atoms with Crippen LogP contribution in [0.5, 0.6) is 5.75 Å². The third-order valence-corrected chi connectivity index (χ3v) is 5.24. The van der Waals surface area contributed by atoms with E-state index in [2.05, 4.69) is 33.9 Å². The van der Waals surface area contributed by atoms with E-state index in [1.807, 2.05) is 42.5 Å². The summed E-state index contributed by atoms with van der Waals surface area (Å²) in [5, 5.41) is 10.2. The molecule has 2 aromatic carbocycles. The molecule has 3 N–H and O–H groups in total. The summed E-state index contributed by atoms with van der Waals surface area (Å²) in [6.07, 6.45) is 1.23. The first-order chi connectivity index (χ1) is 14.1. The smallest absolute Gasteiger partial charge is 0.225 e. The summed E-state index contributed by atoms with van der Waals surface area (Å²) in [5.74, 6) is 1.49. The van der Waals surface area contributed by atoms with Crippen molar-refractivity contribution in [3.05, 3.63) is 59.1 Å². The number of guanidine groups is 1. The fourth-order valence-electron chi connectivity index (χ4n) is 3.32.